The number of benzene rings is 2. The van der Waals surface area contributed by atoms with Gasteiger partial charge in [0, 0.05) is 11.4 Å². The van der Waals surface area contributed by atoms with Gasteiger partial charge in [-0.2, -0.15) is 0 Å². The van der Waals surface area contributed by atoms with Crippen LogP contribution in [0.3, 0.4) is 0 Å². The van der Waals surface area contributed by atoms with E-state index in [0.29, 0.717) is 10.6 Å². The summed E-state index contributed by atoms with van der Waals surface area (Å²) >= 11 is 11.8. The number of carbonyl (C=O) groups excluding carboxylic acids is 1. The van der Waals surface area contributed by atoms with Gasteiger partial charge in [0.2, 0.25) is 0 Å². The van der Waals surface area contributed by atoms with Crippen LogP contribution in [0.15, 0.2) is 42.5 Å². The summed E-state index contributed by atoms with van der Waals surface area (Å²) in [7, 11) is 0. The van der Waals surface area contributed by atoms with Crippen molar-refractivity contribution in [2.45, 2.75) is 25.5 Å². The van der Waals surface area contributed by atoms with E-state index in [4.69, 9.17) is 27.9 Å². The van der Waals surface area contributed by atoms with Crippen LogP contribution < -0.4 is 10.1 Å². The third-order valence-corrected chi connectivity index (χ3v) is 4.09. The Morgan fingerprint density at radius 2 is 1.81 bits per heavy atom. The second-order valence-electron chi connectivity index (χ2n) is 5.60. The molecule has 2 atom stereocenters. The lowest BCUT2D eigenvalue weighted by atomic mass is 10.1. The van der Waals surface area contributed by atoms with Crippen LogP contribution in [0.25, 0.3) is 0 Å². The van der Waals surface area contributed by atoms with Gasteiger partial charge in [0.15, 0.2) is 6.10 Å². The molecule has 2 rings (SSSR count). The highest BCUT2D eigenvalue weighted by Crippen LogP contribution is 2.28. The van der Waals surface area contributed by atoms with E-state index in [-0.39, 0.29) is 22.9 Å². The number of aliphatic carboxylic acids is 1. The first-order chi connectivity index (χ1) is 12.3. The van der Waals surface area contributed by atoms with Crippen molar-refractivity contribution in [2.24, 2.45) is 0 Å². The first kappa shape index (κ1) is 19.9. The Labute approximate surface area is 160 Å². The highest BCUT2D eigenvalue weighted by atomic mass is 35.5. The van der Waals surface area contributed by atoms with Crippen LogP contribution in [0.5, 0.6) is 11.5 Å². The van der Waals surface area contributed by atoms with Crippen LogP contribution in [0, 0.1) is 0 Å². The summed E-state index contributed by atoms with van der Waals surface area (Å²) in [5.74, 6) is -1.43. The minimum absolute atomic E-state index is 0.0653. The number of phenolic OH excluding ortho intramolecular Hbond substituents is 1. The van der Waals surface area contributed by atoms with Crippen molar-refractivity contribution in [1.82, 2.24) is 5.32 Å². The van der Waals surface area contributed by atoms with E-state index in [0.717, 1.165) is 0 Å². The van der Waals surface area contributed by atoms with Crippen molar-refractivity contribution < 1.29 is 24.5 Å². The number of nitrogens with one attached hydrogen (secondary N) is 1. The van der Waals surface area contributed by atoms with Gasteiger partial charge in [-0.15, -0.1) is 0 Å². The highest BCUT2D eigenvalue weighted by molar-refractivity contribution is 6.35. The van der Waals surface area contributed by atoms with Gasteiger partial charge in [-0.1, -0.05) is 35.3 Å². The predicted molar refractivity (Wildman–Crippen MR) is 97.9 cm³/mol. The van der Waals surface area contributed by atoms with E-state index in [1.165, 1.54) is 31.2 Å². The SMILES string of the molecule is CC(Oc1ccc(Cl)cc1Cl)C(=O)NC(Cc1ccc(O)cc1)C(=O)O. The quantitative estimate of drug-likeness (QED) is 0.665. The molecule has 2 unspecified atom stereocenters. The van der Waals surface area contributed by atoms with Crippen LogP contribution in [0.1, 0.15) is 12.5 Å². The standard InChI is InChI=1S/C18H17Cl2NO5/c1-10(26-16-7-4-12(19)9-14(16)20)17(23)21-15(18(24)25)8-11-2-5-13(22)6-3-11/h2-7,9-10,15,22H,8H2,1H3,(H,21,23)(H,24,25). The third kappa shape index (κ3) is 5.54. The monoisotopic (exact) mass is 397 g/mol. The molecule has 0 radical (unpaired) electrons. The number of hydrogen-bond donors (Lipinski definition) is 3. The lowest BCUT2D eigenvalue weighted by molar-refractivity contribution is -0.142. The van der Waals surface area contributed by atoms with Crippen molar-refractivity contribution in [3.8, 4) is 11.5 Å². The summed E-state index contributed by atoms with van der Waals surface area (Å²) in [6.07, 6.45) is -0.897. The Balaban J connectivity index is 2.01. The Hall–Kier alpha value is -2.44. The molecule has 0 fully saturated rings. The van der Waals surface area contributed by atoms with Gasteiger partial charge < -0.3 is 20.3 Å². The Morgan fingerprint density at radius 1 is 1.15 bits per heavy atom. The van der Waals surface area contributed by atoms with Gasteiger partial charge in [-0.3, -0.25) is 4.79 Å². The van der Waals surface area contributed by atoms with Gasteiger partial charge in [0.1, 0.15) is 17.5 Å². The summed E-state index contributed by atoms with van der Waals surface area (Å²) in [6, 6.07) is 9.51. The number of rotatable bonds is 7. The molecule has 0 saturated heterocycles. The fraction of sp³-hybridized carbons (Fsp3) is 0.222. The number of hydrogen-bond acceptors (Lipinski definition) is 4. The van der Waals surface area contributed by atoms with Crippen LogP contribution in [-0.4, -0.2) is 34.2 Å². The fourth-order valence-electron chi connectivity index (χ4n) is 2.17. The smallest absolute Gasteiger partial charge is 0.326 e. The Bertz CT molecular complexity index is 795. The Morgan fingerprint density at radius 3 is 2.38 bits per heavy atom. The Kier molecular flexibility index (Phi) is 6.71. The molecule has 8 heteroatoms. The second-order valence-corrected chi connectivity index (χ2v) is 6.45. The number of aromatic hydroxyl groups is 1. The lowest BCUT2D eigenvalue weighted by Gasteiger charge is -2.19. The molecule has 0 aliphatic rings. The summed E-state index contributed by atoms with van der Waals surface area (Å²) < 4.78 is 5.48. The fourth-order valence-corrected chi connectivity index (χ4v) is 2.62. The molecule has 0 saturated carbocycles. The second kappa shape index (κ2) is 8.78. The molecule has 0 spiro atoms. The molecule has 26 heavy (non-hydrogen) atoms. The van der Waals surface area contributed by atoms with E-state index in [2.05, 4.69) is 5.32 Å². The lowest BCUT2D eigenvalue weighted by Crippen LogP contribution is -2.47. The van der Waals surface area contributed by atoms with Gasteiger partial charge in [-0.25, -0.2) is 4.79 Å². The average Bonchev–Trinajstić information content (AvgIpc) is 2.58. The topological polar surface area (TPSA) is 95.9 Å². The summed E-state index contributed by atoms with van der Waals surface area (Å²) in [5, 5.41) is 21.7. The van der Waals surface area contributed by atoms with Crippen molar-refractivity contribution in [1.29, 1.82) is 0 Å². The largest absolute Gasteiger partial charge is 0.508 e. The number of carboxylic acids is 1. The van der Waals surface area contributed by atoms with Gasteiger partial charge in [0.25, 0.3) is 5.91 Å². The zero-order valence-corrected chi connectivity index (χ0v) is 15.3. The molecular weight excluding hydrogens is 381 g/mol. The first-order valence-electron chi connectivity index (χ1n) is 7.69. The molecule has 2 aromatic rings. The summed E-state index contributed by atoms with van der Waals surface area (Å²) in [5.41, 5.74) is 0.657. The summed E-state index contributed by atoms with van der Waals surface area (Å²) in [4.78, 5) is 23.7. The van der Waals surface area contributed by atoms with E-state index in [9.17, 15) is 19.8 Å². The maximum absolute atomic E-state index is 12.3. The first-order valence-corrected chi connectivity index (χ1v) is 8.44. The average molecular weight is 398 g/mol. The van der Waals surface area contributed by atoms with Crippen molar-refractivity contribution in [3.05, 3.63) is 58.1 Å². The maximum Gasteiger partial charge on any atom is 0.326 e. The molecular formula is C18H17Cl2NO5. The highest BCUT2D eigenvalue weighted by Gasteiger charge is 2.24. The van der Waals surface area contributed by atoms with E-state index in [1.807, 2.05) is 0 Å². The number of ether oxygens (including phenoxy) is 1. The number of carbonyl (C=O) groups is 2. The molecule has 2 aromatic carbocycles. The molecule has 1 amide bonds. The minimum atomic E-state index is -1.18. The van der Waals surface area contributed by atoms with E-state index in [1.54, 1.807) is 18.2 Å². The third-order valence-electron chi connectivity index (χ3n) is 3.56. The molecule has 3 N–H and O–H groups in total. The van der Waals surface area contributed by atoms with Gasteiger partial charge in [0.05, 0.1) is 5.02 Å². The molecule has 6 nitrogen and oxygen atoms in total. The van der Waals surface area contributed by atoms with Crippen LogP contribution in [-0.2, 0) is 16.0 Å². The molecule has 0 aliphatic carbocycles. The van der Waals surface area contributed by atoms with Crippen LogP contribution in [0.4, 0.5) is 0 Å². The van der Waals surface area contributed by atoms with Gasteiger partial charge in [-0.05, 0) is 42.8 Å². The molecule has 0 aliphatic heterocycles. The van der Waals surface area contributed by atoms with Crippen molar-refractivity contribution in [2.75, 3.05) is 0 Å². The maximum atomic E-state index is 12.3. The van der Waals surface area contributed by atoms with Crippen LogP contribution in [0.2, 0.25) is 10.0 Å². The van der Waals surface area contributed by atoms with E-state index < -0.39 is 24.0 Å². The normalized spacial score (nSPS) is 12.9. The van der Waals surface area contributed by atoms with E-state index >= 15 is 0 Å². The predicted octanol–water partition coefficient (Wildman–Crippen LogP) is 3.28. The molecule has 0 bridgehead atoms. The van der Waals surface area contributed by atoms with Gasteiger partial charge >= 0.3 is 5.97 Å². The number of carboxylic acid groups (broad SMARTS) is 1. The zero-order valence-electron chi connectivity index (χ0n) is 13.8. The number of halogens is 2. The summed E-state index contributed by atoms with van der Waals surface area (Å²) in [6.45, 7) is 1.49. The molecule has 138 valence electrons. The van der Waals surface area contributed by atoms with Crippen LogP contribution >= 0.6 is 23.2 Å². The molecule has 0 heterocycles. The zero-order chi connectivity index (χ0) is 19.3. The number of phenols is 1. The van der Waals surface area contributed by atoms with Crippen molar-refractivity contribution >= 4 is 35.1 Å². The van der Waals surface area contributed by atoms with Crippen molar-refractivity contribution in [3.63, 3.8) is 0 Å². The molecule has 0 aromatic heterocycles. The minimum Gasteiger partial charge on any atom is -0.508 e. The number of amides is 1.